The molecule has 0 aromatic heterocycles. The minimum absolute atomic E-state index is 0.0567. The first-order valence-corrected chi connectivity index (χ1v) is 11.2. The van der Waals surface area contributed by atoms with Gasteiger partial charge in [0, 0.05) is 12.5 Å². The number of amides is 2. The Hall–Kier alpha value is -3.39. The summed E-state index contributed by atoms with van der Waals surface area (Å²) in [4.78, 5) is 36.0. The average molecular weight is 453 g/mol. The number of alkyl carbamates (subject to hydrolysis) is 1. The molecule has 1 aliphatic carbocycles. The lowest BCUT2D eigenvalue weighted by atomic mass is 9.98. The highest BCUT2D eigenvalue weighted by Gasteiger charge is 2.32. The molecular formula is C25H28N2O6. The Bertz CT molecular complexity index is 994. The summed E-state index contributed by atoms with van der Waals surface area (Å²) in [6, 6.07) is 15.4. The highest BCUT2D eigenvalue weighted by molar-refractivity contribution is 5.85. The molecule has 8 nitrogen and oxygen atoms in total. The van der Waals surface area contributed by atoms with E-state index < -0.39 is 24.0 Å². The number of hydrogen-bond acceptors (Lipinski definition) is 5. The Labute approximate surface area is 192 Å². The molecule has 1 aliphatic heterocycles. The number of aliphatic carboxylic acids is 1. The van der Waals surface area contributed by atoms with E-state index in [4.69, 9.17) is 14.6 Å². The monoisotopic (exact) mass is 452 g/mol. The summed E-state index contributed by atoms with van der Waals surface area (Å²) < 4.78 is 10.9. The van der Waals surface area contributed by atoms with Crippen LogP contribution < -0.4 is 10.6 Å². The van der Waals surface area contributed by atoms with Crippen molar-refractivity contribution < 1.29 is 29.0 Å². The summed E-state index contributed by atoms with van der Waals surface area (Å²) in [5.41, 5.74) is 4.53. The molecule has 2 aromatic carbocycles. The first-order valence-electron chi connectivity index (χ1n) is 11.2. The summed E-state index contributed by atoms with van der Waals surface area (Å²) in [5.74, 6) is -1.85. The second-order valence-corrected chi connectivity index (χ2v) is 8.40. The van der Waals surface area contributed by atoms with Crippen molar-refractivity contribution in [2.45, 2.75) is 37.8 Å². The highest BCUT2D eigenvalue weighted by atomic mass is 16.5. The van der Waals surface area contributed by atoms with Crippen LogP contribution in [0, 0.1) is 5.92 Å². The molecule has 2 amide bonds. The van der Waals surface area contributed by atoms with Gasteiger partial charge in [-0.1, -0.05) is 55.5 Å². The highest BCUT2D eigenvalue weighted by Crippen LogP contribution is 2.44. The Kier molecular flexibility index (Phi) is 6.93. The maximum atomic E-state index is 12.5. The number of carboxylic acid groups (broad SMARTS) is 1. The van der Waals surface area contributed by atoms with Gasteiger partial charge in [0.15, 0.2) is 0 Å². The molecule has 4 rings (SSSR count). The van der Waals surface area contributed by atoms with Crippen molar-refractivity contribution in [3.63, 3.8) is 0 Å². The third kappa shape index (κ3) is 5.01. The number of carbonyl (C=O) groups excluding carboxylic acids is 2. The molecule has 174 valence electrons. The van der Waals surface area contributed by atoms with Crippen LogP contribution in [0.1, 0.15) is 36.8 Å². The fourth-order valence-corrected chi connectivity index (χ4v) is 4.49. The fraction of sp³-hybridized carbons (Fsp3) is 0.400. The molecule has 3 N–H and O–H groups in total. The smallest absolute Gasteiger partial charge is 0.407 e. The number of carbonyl (C=O) groups is 3. The van der Waals surface area contributed by atoms with Crippen LogP contribution in [0.4, 0.5) is 4.79 Å². The molecule has 0 saturated carbocycles. The molecule has 1 saturated heterocycles. The summed E-state index contributed by atoms with van der Waals surface area (Å²) in [6.45, 7) is 2.31. The maximum absolute atomic E-state index is 12.5. The number of hydrogen-bond donors (Lipinski definition) is 3. The van der Waals surface area contributed by atoms with Gasteiger partial charge in [0.05, 0.1) is 18.6 Å². The number of ether oxygens (including phenoxy) is 2. The Morgan fingerprint density at radius 3 is 2.30 bits per heavy atom. The maximum Gasteiger partial charge on any atom is 0.407 e. The number of nitrogens with one attached hydrogen (secondary N) is 2. The van der Waals surface area contributed by atoms with Gasteiger partial charge in [-0.25, -0.2) is 4.79 Å². The lowest BCUT2D eigenvalue weighted by Crippen LogP contribution is -2.48. The Balaban J connectivity index is 1.29. The van der Waals surface area contributed by atoms with E-state index >= 15 is 0 Å². The SMILES string of the molecule is CC[C@H](NC(=O)OCC1c2ccccc2-c2ccccc21)C(=O)NC[C@@H]1C[C@H](C(=O)O)CO1. The van der Waals surface area contributed by atoms with Crippen LogP contribution in [0.25, 0.3) is 11.1 Å². The largest absolute Gasteiger partial charge is 0.481 e. The van der Waals surface area contributed by atoms with E-state index in [1.807, 2.05) is 36.4 Å². The van der Waals surface area contributed by atoms with Crippen LogP contribution in [0.5, 0.6) is 0 Å². The minimum Gasteiger partial charge on any atom is -0.481 e. The summed E-state index contributed by atoms with van der Waals surface area (Å²) in [6.07, 6.45) is -0.255. The van der Waals surface area contributed by atoms with Gasteiger partial charge in [0.25, 0.3) is 0 Å². The second kappa shape index (κ2) is 10.0. The summed E-state index contributed by atoms with van der Waals surface area (Å²) >= 11 is 0. The van der Waals surface area contributed by atoms with E-state index in [1.54, 1.807) is 6.92 Å². The number of fused-ring (bicyclic) bond motifs is 3. The lowest BCUT2D eigenvalue weighted by molar-refractivity contribution is -0.141. The molecule has 2 aromatic rings. The van der Waals surface area contributed by atoms with Gasteiger partial charge in [-0.15, -0.1) is 0 Å². The molecule has 0 unspecified atom stereocenters. The molecule has 33 heavy (non-hydrogen) atoms. The molecular weight excluding hydrogens is 424 g/mol. The van der Waals surface area contributed by atoms with Crippen molar-refractivity contribution in [1.82, 2.24) is 10.6 Å². The first-order chi connectivity index (χ1) is 16.0. The van der Waals surface area contributed by atoms with Gasteiger partial charge < -0.3 is 25.2 Å². The van der Waals surface area contributed by atoms with Crippen molar-refractivity contribution in [2.75, 3.05) is 19.8 Å². The van der Waals surface area contributed by atoms with Crippen LogP contribution in [0.2, 0.25) is 0 Å². The zero-order valence-corrected chi connectivity index (χ0v) is 18.5. The molecule has 3 atom stereocenters. The molecule has 8 heteroatoms. The van der Waals surface area contributed by atoms with E-state index in [9.17, 15) is 14.4 Å². The van der Waals surface area contributed by atoms with Gasteiger partial charge in [0.1, 0.15) is 12.6 Å². The van der Waals surface area contributed by atoms with Crippen LogP contribution >= 0.6 is 0 Å². The second-order valence-electron chi connectivity index (χ2n) is 8.40. The van der Waals surface area contributed by atoms with Crippen molar-refractivity contribution in [1.29, 1.82) is 0 Å². The topological polar surface area (TPSA) is 114 Å². The van der Waals surface area contributed by atoms with Gasteiger partial charge in [-0.3, -0.25) is 9.59 Å². The molecule has 1 heterocycles. The zero-order valence-electron chi connectivity index (χ0n) is 18.5. The lowest BCUT2D eigenvalue weighted by Gasteiger charge is -2.19. The quantitative estimate of drug-likeness (QED) is 0.568. The van der Waals surface area contributed by atoms with E-state index in [0.29, 0.717) is 12.8 Å². The van der Waals surface area contributed by atoms with Crippen LogP contribution in [-0.4, -0.2) is 55.0 Å². The Morgan fingerprint density at radius 1 is 1.09 bits per heavy atom. The van der Waals surface area contributed by atoms with Crippen LogP contribution in [0.3, 0.4) is 0 Å². The molecule has 1 fully saturated rings. The first kappa shape index (κ1) is 22.8. The van der Waals surface area contributed by atoms with Crippen LogP contribution in [0.15, 0.2) is 48.5 Å². The van der Waals surface area contributed by atoms with Gasteiger partial charge >= 0.3 is 12.1 Å². The summed E-state index contributed by atoms with van der Waals surface area (Å²) in [7, 11) is 0. The third-order valence-electron chi connectivity index (χ3n) is 6.29. The predicted octanol–water partition coefficient (Wildman–Crippen LogP) is 2.91. The third-order valence-corrected chi connectivity index (χ3v) is 6.29. The van der Waals surface area contributed by atoms with E-state index in [0.717, 1.165) is 22.3 Å². The molecule has 0 spiro atoms. The zero-order chi connectivity index (χ0) is 23.4. The average Bonchev–Trinajstić information content (AvgIpc) is 3.43. The predicted molar refractivity (Wildman–Crippen MR) is 121 cm³/mol. The van der Waals surface area contributed by atoms with Crippen LogP contribution in [-0.2, 0) is 19.1 Å². The van der Waals surface area contributed by atoms with Crippen molar-refractivity contribution in [3.05, 3.63) is 59.7 Å². The number of carboxylic acids is 1. The van der Waals surface area contributed by atoms with Crippen molar-refractivity contribution in [2.24, 2.45) is 5.92 Å². The van der Waals surface area contributed by atoms with Gasteiger partial charge in [-0.05, 0) is 35.1 Å². The van der Waals surface area contributed by atoms with Crippen molar-refractivity contribution in [3.8, 4) is 11.1 Å². The molecule has 0 radical (unpaired) electrons. The normalized spacial score (nSPS) is 19.9. The van der Waals surface area contributed by atoms with E-state index in [-0.39, 0.29) is 37.7 Å². The van der Waals surface area contributed by atoms with Crippen molar-refractivity contribution >= 4 is 18.0 Å². The molecule has 0 bridgehead atoms. The fourth-order valence-electron chi connectivity index (χ4n) is 4.49. The number of benzene rings is 2. The summed E-state index contributed by atoms with van der Waals surface area (Å²) in [5, 5.41) is 14.4. The Morgan fingerprint density at radius 2 is 1.73 bits per heavy atom. The standard InChI is InChI=1S/C25H28N2O6/c1-2-22(23(28)26-12-16-11-15(13-32-16)24(29)30)27-25(31)33-14-21-19-9-5-3-7-17(19)18-8-4-6-10-20(18)21/h3-10,15-16,21-22H,2,11-14H2,1H3,(H,26,28)(H,27,31)(H,29,30)/t15-,16-,22-/m0/s1. The minimum atomic E-state index is -0.896. The van der Waals surface area contributed by atoms with E-state index in [2.05, 4.69) is 22.8 Å². The van der Waals surface area contributed by atoms with Gasteiger partial charge in [-0.2, -0.15) is 0 Å². The van der Waals surface area contributed by atoms with Gasteiger partial charge in [0.2, 0.25) is 5.91 Å². The van der Waals surface area contributed by atoms with E-state index in [1.165, 1.54) is 0 Å². The molecule has 2 aliphatic rings. The number of rotatable bonds is 8.